The lowest BCUT2D eigenvalue weighted by molar-refractivity contribution is -0.135. The zero-order valence-electron chi connectivity index (χ0n) is 10.1. The molecular formula is C12H21N3O. The molecule has 16 heavy (non-hydrogen) atoms. The third-order valence-corrected chi connectivity index (χ3v) is 3.00. The maximum Gasteiger partial charge on any atom is 0.239 e. The lowest BCUT2D eigenvalue weighted by Gasteiger charge is -2.35. The summed E-state index contributed by atoms with van der Waals surface area (Å²) in [5.74, 6) is 2.88. The van der Waals surface area contributed by atoms with Crippen LogP contribution in [0.4, 0.5) is 0 Å². The Bertz CT molecular complexity index is 274. The molecule has 1 amide bonds. The van der Waals surface area contributed by atoms with E-state index >= 15 is 0 Å². The van der Waals surface area contributed by atoms with Crippen LogP contribution in [0.5, 0.6) is 0 Å². The molecule has 0 aliphatic carbocycles. The smallest absolute Gasteiger partial charge is 0.239 e. The van der Waals surface area contributed by atoms with E-state index in [4.69, 9.17) is 12.2 Å². The summed E-state index contributed by atoms with van der Waals surface area (Å²) in [7, 11) is 0. The molecule has 4 heteroatoms. The number of hydrogen-bond donors (Lipinski definition) is 1. The van der Waals surface area contributed by atoms with E-state index in [1.54, 1.807) is 0 Å². The third kappa shape index (κ3) is 3.22. The molecule has 1 saturated heterocycles. The summed E-state index contributed by atoms with van der Waals surface area (Å²) in [5.41, 5.74) is 5.85. The molecule has 0 radical (unpaired) electrons. The average molecular weight is 223 g/mol. The van der Waals surface area contributed by atoms with E-state index in [9.17, 15) is 4.79 Å². The number of nitrogens with two attached hydrogens (primary N) is 1. The molecule has 2 N–H and O–H groups in total. The molecule has 1 atom stereocenters. The highest BCUT2D eigenvalue weighted by Crippen LogP contribution is 2.07. The van der Waals surface area contributed by atoms with Gasteiger partial charge in [0, 0.05) is 26.2 Å². The Morgan fingerprint density at radius 3 is 2.38 bits per heavy atom. The van der Waals surface area contributed by atoms with E-state index < -0.39 is 0 Å². The van der Waals surface area contributed by atoms with Crippen molar-refractivity contribution in [2.45, 2.75) is 19.9 Å². The molecule has 90 valence electrons. The number of carbonyl (C=O) groups excluding carboxylic acids is 1. The number of rotatable bonds is 3. The summed E-state index contributed by atoms with van der Waals surface area (Å²) in [4.78, 5) is 16.0. The zero-order valence-corrected chi connectivity index (χ0v) is 10.1. The van der Waals surface area contributed by atoms with Crippen molar-refractivity contribution in [3.05, 3.63) is 0 Å². The number of carbonyl (C=O) groups is 1. The zero-order chi connectivity index (χ0) is 12.1. The molecule has 4 nitrogen and oxygen atoms in total. The van der Waals surface area contributed by atoms with Crippen molar-refractivity contribution >= 4 is 5.91 Å². The van der Waals surface area contributed by atoms with Crippen molar-refractivity contribution < 1.29 is 4.79 Å². The predicted octanol–water partition coefficient (Wildman–Crippen LogP) is -0.253. The molecular weight excluding hydrogens is 202 g/mol. The first-order valence-corrected chi connectivity index (χ1v) is 5.76. The van der Waals surface area contributed by atoms with Gasteiger partial charge in [0.05, 0.1) is 12.6 Å². The summed E-state index contributed by atoms with van der Waals surface area (Å²) in [6.07, 6.45) is 5.25. The van der Waals surface area contributed by atoms with Crippen molar-refractivity contribution in [1.29, 1.82) is 0 Å². The van der Waals surface area contributed by atoms with Gasteiger partial charge in [-0.2, -0.15) is 0 Å². The molecule has 0 aromatic heterocycles. The van der Waals surface area contributed by atoms with Crippen molar-refractivity contribution in [1.82, 2.24) is 9.80 Å². The van der Waals surface area contributed by atoms with Crippen molar-refractivity contribution in [3.63, 3.8) is 0 Å². The van der Waals surface area contributed by atoms with Crippen LogP contribution in [0.3, 0.4) is 0 Å². The van der Waals surface area contributed by atoms with Gasteiger partial charge in [-0.1, -0.05) is 19.8 Å². The fraction of sp³-hybridized carbons (Fsp3) is 0.750. The summed E-state index contributed by atoms with van der Waals surface area (Å²) in [5, 5.41) is 0. The summed E-state index contributed by atoms with van der Waals surface area (Å²) in [6.45, 7) is 7.77. The van der Waals surface area contributed by atoms with Gasteiger partial charge >= 0.3 is 0 Å². The van der Waals surface area contributed by atoms with Gasteiger partial charge in [0.25, 0.3) is 0 Å². The molecule has 1 rings (SSSR count). The molecule has 0 bridgehead atoms. The van der Waals surface area contributed by atoms with E-state index in [-0.39, 0.29) is 17.9 Å². The van der Waals surface area contributed by atoms with Crippen LogP contribution in [0.1, 0.15) is 13.8 Å². The van der Waals surface area contributed by atoms with Crippen LogP contribution >= 0.6 is 0 Å². The number of amides is 1. The highest BCUT2D eigenvalue weighted by Gasteiger charge is 2.26. The van der Waals surface area contributed by atoms with Crippen molar-refractivity contribution in [2.75, 3.05) is 32.7 Å². The first-order chi connectivity index (χ1) is 7.56. The molecule has 0 spiro atoms. The van der Waals surface area contributed by atoms with Crippen molar-refractivity contribution in [2.24, 2.45) is 11.7 Å². The molecule has 1 aliphatic rings. The highest BCUT2D eigenvalue weighted by atomic mass is 16.2. The minimum atomic E-state index is -0.376. The Morgan fingerprint density at radius 2 is 1.94 bits per heavy atom. The maximum absolute atomic E-state index is 11.9. The lowest BCUT2D eigenvalue weighted by Crippen LogP contribution is -2.54. The van der Waals surface area contributed by atoms with Gasteiger partial charge in [0.1, 0.15) is 0 Å². The number of nitrogens with zero attached hydrogens (tertiary/aromatic N) is 2. The van der Waals surface area contributed by atoms with Gasteiger partial charge in [0.2, 0.25) is 5.91 Å². The molecule has 1 fully saturated rings. The molecule has 0 saturated carbocycles. The Kier molecular flexibility index (Phi) is 4.78. The third-order valence-electron chi connectivity index (χ3n) is 3.00. The predicted molar refractivity (Wildman–Crippen MR) is 64.7 cm³/mol. The number of hydrogen-bond acceptors (Lipinski definition) is 3. The van der Waals surface area contributed by atoms with Crippen LogP contribution in [-0.2, 0) is 4.79 Å². The standard InChI is InChI=1S/C12H21N3O/c1-4-5-14-6-8-15(9-7-14)12(16)11(13)10(2)3/h1,10-11H,5-9,13H2,2-3H3. The van der Waals surface area contributed by atoms with Gasteiger partial charge in [-0.25, -0.2) is 0 Å². The fourth-order valence-electron chi connectivity index (χ4n) is 1.75. The largest absolute Gasteiger partial charge is 0.339 e. The Labute approximate surface area is 97.8 Å². The van der Waals surface area contributed by atoms with E-state index in [0.29, 0.717) is 6.54 Å². The molecule has 1 aliphatic heterocycles. The van der Waals surface area contributed by atoms with Crippen LogP contribution in [0, 0.1) is 18.3 Å². The second-order valence-electron chi connectivity index (χ2n) is 4.58. The monoisotopic (exact) mass is 223 g/mol. The van der Waals surface area contributed by atoms with E-state index in [0.717, 1.165) is 26.2 Å². The first kappa shape index (κ1) is 13.0. The summed E-state index contributed by atoms with van der Waals surface area (Å²) in [6, 6.07) is -0.376. The quantitative estimate of drug-likeness (QED) is 0.671. The lowest BCUT2D eigenvalue weighted by atomic mass is 10.0. The SMILES string of the molecule is C#CCN1CCN(C(=O)C(N)C(C)C)CC1. The normalized spacial score (nSPS) is 19.6. The van der Waals surface area contributed by atoms with Crippen LogP contribution in [0.2, 0.25) is 0 Å². The van der Waals surface area contributed by atoms with Gasteiger partial charge in [-0.05, 0) is 5.92 Å². The summed E-state index contributed by atoms with van der Waals surface area (Å²) < 4.78 is 0. The minimum Gasteiger partial charge on any atom is -0.339 e. The van der Waals surface area contributed by atoms with E-state index in [1.807, 2.05) is 18.7 Å². The number of terminal acetylenes is 1. The van der Waals surface area contributed by atoms with E-state index in [1.165, 1.54) is 0 Å². The topological polar surface area (TPSA) is 49.6 Å². The van der Waals surface area contributed by atoms with E-state index in [2.05, 4.69) is 10.8 Å². The number of piperazine rings is 1. The molecule has 0 aromatic rings. The van der Waals surface area contributed by atoms with Gasteiger partial charge in [0.15, 0.2) is 0 Å². The van der Waals surface area contributed by atoms with Gasteiger partial charge < -0.3 is 10.6 Å². The Balaban J connectivity index is 2.42. The van der Waals surface area contributed by atoms with Crippen LogP contribution in [-0.4, -0.2) is 54.5 Å². The highest BCUT2D eigenvalue weighted by molar-refractivity contribution is 5.82. The maximum atomic E-state index is 11.9. The molecule has 1 unspecified atom stereocenters. The van der Waals surface area contributed by atoms with Gasteiger partial charge in [-0.3, -0.25) is 9.69 Å². The summed E-state index contributed by atoms with van der Waals surface area (Å²) >= 11 is 0. The first-order valence-electron chi connectivity index (χ1n) is 5.76. The Morgan fingerprint density at radius 1 is 1.38 bits per heavy atom. The van der Waals surface area contributed by atoms with Crippen LogP contribution in [0.25, 0.3) is 0 Å². The minimum absolute atomic E-state index is 0.0651. The Hall–Kier alpha value is -1.05. The fourth-order valence-corrected chi connectivity index (χ4v) is 1.75. The second-order valence-corrected chi connectivity index (χ2v) is 4.58. The van der Waals surface area contributed by atoms with Crippen LogP contribution in [0.15, 0.2) is 0 Å². The van der Waals surface area contributed by atoms with Crippen LogP contribution < -0.4 is 5.73 Å². The van der Waals surface area contributed by atoms with Gasteiger partial charge in [-0.15, -0.1) is 6.42 Å². The molecule has 1 heterocycles. The van der Waals surface area contributed by atoms with Crippen molar-refractivity contribution in [3.8, 4) is 12.3 Å². The molecule has 0 aromatic carbocycles. The average Bonchev–Trinajstić information content (AvgIpc) is 2.28. The second kappa shape index (κ2) is 5.88.